The lowest BCUT2D eigenvalue weighted by atomic mass is 10.1. The van der Waals surface area contributed by atoms with E-state index in [1.165, 1.54) is 24.8 Å². The van der Waals surface area contributed by atoms with E-state index >= 15 is 0 Å². The van der Waals surface area contributed by atoms with Crippen LogP contribution in [0.3, 0.4) is 0 Å². The predicted octanol–water partition coefficient (Wildman–Crippen LogP) is 6.22. The van der Waals surface area contributed by atoms with Crippen LogP contribution in [0.25, 0.3) is 11.3 Å². The van der Waals surface area contributed by atoms with Crippen LogP contribution < -0.4 is 5.32 Å². The predicted molar refractivity (Wildman–Crippen MR) is 117 cm³/mol. The molecular weight excluding hydrogens is 368 g/mol. The number of carbonyl (C=O) groups is 1. The lowest BCUT2D eigenvalue weighted by Crippen LogP contribution is -1.99. The Bertz CT molecular complexity index is 915. The van der Waals surface area contributed by atoms with Gasteiger partial charge in [-0.25, -0.2) is 4.98 Å². The second kappa shape index (κ2) is 9.51. The normalized spacial score (nSPS) is 10.8. The fourth-order valence-electron chi connectivity index (χ4n) is 3.13. The molecule has 0 atom stereocenters. The highest BCUT2D eigenvalue weighted by Crippen LogP contribution is 2.32. The van der Waals surface area contributed by atoms with Crippen LogP contribution in [0.5, 0.6) is 0 Å². The van der Waals surface area contributed by atoms with E-state index in [4.69, 9.17) is 10.1 Å². The molecule has 0 aliphatic carbocycles. The summed E-state index contributed by atoms with van der Waals surface area (Å²) in [6.45, 7) is 4.28. The summed E-state index contributed by atoms with van der Waals surface area (Å²) in [6.07, 6.45) is 4.93. The molecule has 0 aliphatic heterocycles. The van der Waals surface area contributed by atoms with Crippen LogP contribution in [-0.4, -0.2) is 16.1 Å². The Morgan fingerprint density at radius 3 is 2.36 bits per heavy atom. The van der Waals surface area contributed by atoms with Crippen molar-refractivity contribution < 1.29 is 9.90 Å². The molecule has 0 radical (unpaired) electrons. The van der Waals surface area contributed by atoms with Crippen LogP contribution in [0.15, 0.2) is 48.5 Å². The first-order valence-electron chi connectivity index (χ1n) is 9.69. The monoisotopic (exact) mass is 394 g/mol. The number of aryl methyl sites for hydroxylation is 2. The quantitative estimate of drug-likeness (QED) is 0.423. The first kappa shape index (κ1) is 20.1. The number of carboxylic acids is 1. The number of hydrogen-bond acceptors (Lipinski definition) is 4. The van der Waals surface area contributed by atoms with Crippen LogP contribution in [0.2, 0.25) is 0 Å². The Kier molecular flexibility index (Phi) is 6.82. The third kappa shape index (κ3) is 5.42. The molecule has 1 aromatic heterocycles. The number of nitrogens with zero attached hydrogens (tertiary/aromatic N) is 1. The molecular formula is C23H26N2O2S. The number of benzene rings is 2. The molecule has 5 heteroatoms. The van der Waals surface area contributed by atoms with Crippen molar-refractivity contribution in [2.24, 2.45) is 0 Å². The summed E-state index contributed by atoms with van der Waals surface area (Å²) < 4.78 is 0. The van der Waals surface area contributed by atoms with Gasteiger partial charge in [0.25, 0.3) is 0 Å². The first-order chi connectivity index (χ1) is 13.5. The van der Waals surface area contributed by atoms with Crippen molar-refractivity contribution in [3.8, 4) is 11.3 Å². The standard InChI is InChI=1S/C23H26N2O2S/c1-3-4-5-6-17-9-13-20(14-10-17)24-23-25-22(16(2)28-23)19-11-7-18(8-12-19)15-21(26)27/h7-14H,3-6,15H2,1-2H3,(H,24,25)(H,26,27). The van der Waals surface area contributed by atoms with Crippen molar-refractivity contribution in [2.75, 3.05) is 5.32 Å². The van der Waals surface area contributed by atoms with Gasteiger partial charge in [-0.3, -0.25) is 4.79 Å². The molecule has 146 valence electrons. The van der Waals surface area contributed by atoms with E-state index in [0.29, 0.717) is 0 Å². The molecule has 0 unspecified atom stereocenters. The van der Waals surface area contributed by atoms with Gasteiger partial charge < -0.3 is 10.4 Å². The van der Waals surface area contributed by atoms with Gasteiger partial charge in [0.05, 0.1) is 12.1 Å². The summed E-state index contributed by atoms with van der Waals surface area (Å²) in [5.41, 5.74) is 5.14. The topological polar surface area (TPSA) is 62.2 Å². The maximum atomic E-state index is 10.8. The maximum Gasteiger partial charge on any atom is 0.307 e. The van der Waals surface area contributed by atoms with E-state index in [2.05, 4.69) is 43.4 Å². The van der Waals surface area contributed by atoms with E-state index in [-0.39, 0.29) is 6.42 Å². The Hall–Kier alpha value is -2.66. The highest BCUT2D eigenvalue weighted by atomic mass is 32.1. The molecule has 2 N–H and O–H groups in total. The van der Waals surface area contributed by atoms with Crippen molar-refractivity contribution in [2.45, 2.75) is 46.0 Å². The van der Waals surface area contributed by atoms with Gasteiger partial charge in [0, 0.05) is 16.1 Å². The largest absolute Gasteiger partial charge is 0.481 e. The summed E-state index contributed by atoms with van der Waals surface area (Å²) in [5.74, 6) is -0.819. The number of aromatic nitrogens is 1. The minimum absolute atomic E-state index is 0.0393. The van der Waals surface area contributed by atoms with Crippen LogP contribution in [0.4, 0.5) is 10.8 Å². The van der Waals surface area contributed by atoms with Crippen LogP contribution in [0, 0.1) is 6.92 Å². The second-order valence-corrected chi connectivity index (χ2v) is 8.17. The Morgan fingerprint density at radius 1 is 1.04 bits per heavy atom. The third-order valence-corrected chi connectivity index (χ3v) is 5.54. The Balaban J connectivity index is 1.67. The number of aliphatic carboxylic acids is 1. The zero-order valence-corrected chi connectivity index (χ0v) is 17.2. The maximum absolute atomic E-state index is 10.8. The number of anilines is 2. The van der Waals surface area contributed by atoms with E-state index in [1.54, 1.807) is 11.3 Å². The molecule has 3 rings (SSSR count). The summed E-state index contributed by atoms with van der Waals surface area (Å²) in [4.78, 5) is 16.7. The van der Waals surface area contributed by atoms with E-state index in [0.717, 1.165) is 38.9 Å². The summed E-state index contributed by atoms with van der Waals surface area (Å²) in [7, 11) is 0. The number of thiazole rings is 1. The molecule has 0 saturated carbocycles. The molecule has 0 fully saturated rings. The van der Waals surface area contributed by atoms with E-state index < -0.39 is 5.97 Å². The highest BCUT2D eigenvalue weighted by Gasteiger charge is 2.11. The molecule has 4 nitrogen and oxygen atoms in total. The van der Waals surface area contributed by atoms with Crippen molar-refractivity contribution in [3.63, 3.8) is 0 Å². The number of rotatable bonds is 9. The van der Waals surface area contributed by atoms with Gasteiger partial charge in [0.15, 0.2) is 5.13 Å². The number of carboxylic acid groups (broad SMARTS) is 1. The second-order valence-electron chi connectivity index (χ2n) is 6.97. The fourth-order valence-corrected chi connectivity index (χ4v) is 3.99. The summed E-state index contributed by atoms with van der Waals surface area (Å²) in [6, 6.07) is 16.2. The summed E-state index contributed by atoms with van der Waals surface area (Å²) >= 11 is 1.62. The molecule has 1 heterocycles. The number of nitrogens with one attached hydrogen (secondary N) is 1. The van der Waals surface area contributed by atoms with Crippen LogP contribution in [-0.2, 0) is 17.6 Å². The lowest BCUT2D eigenvalue weighted by Gasteiger charge is -2.05. The SMILES string of the molecule is CCCCCc1ccc(Nc2nc(-c3ccc(CC(=O)O)cc3)c(C)s2)cc1. The molecule has 0 saturated heterocycles. The van der Waals surface area contributed by atoms with E-state index in [9.17, 15) is 4.79 Å². The Morgan fingerprint density at radius 2 is 1.71 bits per heavy atom. The Labute approximate surface area is 170 Å². The smallest absolute Gasteiger partial charge is 0.307 e. The molecule has 0 aliphatic rings. The molecule has 0 spiro atoms. The van der Waals surface area contributed by atoms with Gasteiger partial charge in [-0.05, 0) is 43.0 Å². The van der Waals surface area contributed by atoms with Crippen LogP contribution in [0.1, 0.15) is 42.2 Å². The fraction of sp³-hybridized carbons (Fsp3) is 0.304. The average molecular weight is 395 g/mol. The zero-order chi connectivity index (χ0) is 19.9. The molecule has 0 amide bonds. The lowest BCUT2D eigenvalue weighted by molar-refractivity contribution is -0.136. The minimum Gasteiger partial charge on any atom is -0.481 e. The third-order valence-electron chi connectivity index (χ3n) is 4.65. The van der Waals surface area contributed by atoms with Crippen molar-refractivity contribution in [3.05, 3.63) is 64.5 Å². The zero-order valence-electron chi connectivity index (χ0n) is 16.4. The average Bonchev–Trinajstić information content (AvgIpc) is 3.04. The van der Waals surface area contributed by atoms with Crippen molar-refractivity contribution in [1.82, 2.24) is 4.98 Å². The van der Waals surface area contributed by atoms with Gasteiger partial charge in [0.1, 0.15) is 0 Å². The van der Waals surface area contributed by atoms with Gasteiger partial charge in [0.2, 0.25) is 0 Å². The van der Waals surface area contributed by atoms with Crippen molar-refractivity contribution in [1.29, 1.82) is 0 Å². The van der Waals surface area contributed by atoms with Gasteiger partial charge in [-0.15, -0.1) is 11.3 Å². The van der Waals surface area contributed by atoms with Gasteiger partial charge in [-0.2, -0.15) is 0 Å². The first-order valence-corrected chi connectivity index (χ1v) is 10.5. The van der Waals surface area contributed by atoms with E-state index in [1.807, 2.05) is 24.3 Å². The molecule has 2 aromatic carbocycles. The van der Waals surface area contributed by atoms with Gasteiger partial charge >= 0.3 is 5.97 Å². The van der Waals surface area contributed by atoms with Crippen molar-refractivity contribution >= 4 is 28.1 Å². The number of hydrogen-bond donors (Lipinski definition) is 2. The summed E-state index contributed by atoms with van der Waals surface area (Å²) in [5, 5.41) is 13.2. The molecule has 0 bridgehead atoms. The number of unbranched alkanes of at least 4 members (excludes halogenated alkanes) is 2. The molecule has 3 aromatic rings. The minimum atomic E-state index is -0.819. The van der Waals surface area contributed by atoms with Gasteiger partial charge in [-0.1, -0.05) is 56.2 Å². The highest BCUT2D eigenvalue weighted by molar-refractivity contribution is 7.16. The molecule has 28 heavy (non-hydrogen) atoms. The van der Waals surface area contributed by atoms with Crippen LogP contribution >= 0.6 is 11.3 Å².